The maximum Gasteiger partial charge on any atom is 0.416 e. The predicted octanol–water partition coefficient (Wildman–Crippen LogP) is 5.23. The highest BCUT2D eigenvalue weighted by Gasteiger charge is 2.33. The fourth-order valence-corrected chi connectivity index (χ4v) is 2.45. The zero-order chi connectivity index (χ0) is 14.5. The highest BCUT2D eigenvalue weighted by atomic mass is 79.9. The molecule has 0 saturated heterocycles. The number of rotatable bonds is 6. The molecule has 0 unspecified atom stereocenters. The van der Waals surface area contributed by atoms with Crippen LogP contribution in [-0.4, -0.2) is 13.1 Å². The van der Waals surface area contributed by atoms with Gasteiger partial charge in [-0.25, -0.2) is 0 Å². The van der Waals surface area contributed by atoms with Crippen LogP contribution < -0.4 is 4.90 Å². The molecule has 108 valence electrons. The topological polar surface area (TPSA) is 3.24 Å². The summed E-state index contributed by atoms with van der Waals surface area (Å²) < 4.78 is 39.0. The van der Waals surface area contributed by atoms with Gasteiger partial charge in [0, 0.05) is 24.1 Å². The van der Waals surface area contributed by atoms with E-state index in [0.717, 1.165) is 19.4 Å². The van der Waals surface area contributed by atoms with Gasteiger partial charge in [-0.3, -0.25) is 0 Å². The third-order valence-electron chi connectivity index (χ3n) is 3.07. The summed E-state index contributed by atoms with van der Waals surface area (Å²) in [6.45, 7) is 5.53. The minimum absolute atomic E-state index is 0.212. The Kier molecular flexibility index (Phi) is 6.17. The minimum Gasteiger partial charge on any atom is -0.372 e. The quantitative estimate of drug-likeness (QED) is 0.642. The summed E-state index contributed by atoms with van der Waals surface area (Å²) in [5, 5.41) is 0.212. The number of halogens is 4. The molecule has 0 bridgehead atoms. The van der Waals surface area contributed by atoms with E-state index < -0.39 is 11.7 Å². The van der Waals surface area contributed by atoms with Crippen molar-refractivity contribution in [2.45, 2.75) is 38.2 Å². The molecule has 0 aromatic heterocycles. The average molecular weight is 338 g/mol. The monoisotopic (exact) mass is 337 g/mol. The van der Waals surface area contributed by atoms with Crippen LogP contribution in [-0.2, 0) is 11.5 Å². The second kappa shape index (κ2) is 7.17. The van der Waals surface area contributed by atoms with Crippen molar-refractivity contribution < 1.29 is 13.2 Å². The van der Waals surface area contributed by atoms with Crippen molar-refractivity contribution in [2.24, 2.45) is 0 Å². The minimum atomic E-state index is -4.30. The smallest absolute Gasteiger partial charge is 0.372 e. The standard InChI is InChI=1S/C14H19BrF3N/c1-3-5-8-19(4-2)12-7-6-11(10-15)13(9-12)14(16,17)18/h6-7,9H,3-5,8,10H2,1-2H3. The average Bonchev–Trinajstić information content (AvgIpc) is 2.38. The molecule has 19 heavy (non-hydrogen) atoms. The fraction of sp³-hybridized carbons (Fsp3) is 0.571. The third-order valence-corrected chi connectivity index (χ3v) is 3.68. The van der Waals surface area contributed by atoms with Gasteiger partial charge in [0.25, 0.3) is 0 Å². The van der Waals surface area contributed by atoms with Gasteiger partial charge in [0.2, 0.25) is 0 Å². The van der Waals surface area contributed by atoms with Gasteiger partial charge < -0.3 is 4.90 Å². The first-order chi connectivity index (χ1) is 8.93. The SMILES string of the molecule is CCCCN(CC)c1ccc(CBr)c(C(F)(F)F)c1. The molecule has 0 aliphatic carbocycles. The van der Waals surface area contributed by atoms with E-state index in [2.05, 4.69) is 22.9 Å². The van der Waals surface area contributed by atoms with Crippen LogP contribution >= 0.6 is 15.9 Å². The molecule has 1 nitrogen and oxygen atoms in total. The molecular weight excluding hydrogens is 319 g/mol. The predicted molar refractivity (Wildman–Crippen MR) is 76.9 cm³/mol. The molecule has 1 aromatic rings. The first-order valence-corrected chi connectivity index (χ1v) is 7.57. The molecule has 0 spiro atoms. The third kappa shape index (κ3) is 4.41. The van der Waals surface area contributed by atoms with Crippen molar-refractivity contribution in [1.29, 1.82) is 0 Å². The number of alkyl halides is 4. The molecule has 5 heteroatoms. The Morgan fingerprint density at radius 2 is 1.89 bits per heavy atom. The summed E-state index contributed by atoms with van der Waals surface area (Å²) in [5.41, 5.74) is 0.382. The van der Waals surface area contributed by atoms with E-state index in [1.165, 1.54) is 6.07 Å². The normalized spacial score (nSPS) is 11.7. The van der Waals surface area contributed by atoms with Crippen molar-refractivity contribution in [1.82, 2.24) is 0 Å². The molecule has 0 N–H and O–H groups in total. The van der Waals surface area contributed by atoms with E-state index in [4.69, 9.17) is 0 Å². The second-order valence-corrected chi connectivity index (χ2v) is 4.97. The van der Waals surface area contributed by atoms with E-state index in [0.29, 0.717) is 12.2 Å². The van der Waals surface area contributed by atoms with E-state index >= 15 is 0 Å². The summed E-state index contributed by atoms with van der Waals surface area (Å²) in [5.74, 6) is 0. The number of benzene rings is 1. The summed E-state index contributed by atoms with van der Waals surface area (Å²) in [4.78, 5) is 1.98. The van der Waals surface area contributed by atoms with Crippen LogP contribution in [0.3, 0.4) is 0 Å². The van der Waals surface area contributed by atoms with Gasteiger partial charge in [-0.15, -0.1) is 0 Å². The highest BCUT2D eigenvalue weighted by molar-refractivity contribution is 9.08. The Balaban J connectivity index is 3.09. The fourth-order valence-electron chi connectivity index (χ4n) is 1.96. The lowest BCUT2D eigenvalue weighted by Crippen LogP contribution is -2.24. The van der Waals surface area contributed by atoms with Crippen LogP contribution in [0.25, 0.3) is 0 Å². The summed E-state index contributed by atoms with van der Waals surface area (Å²) in [6, 6.07) is 4.59. The molecule has 0 aliphatic heterocycles. The van der Waals surface area contributed by atoms with Crippen molar-refractivity contribution in [3.05, 3.63) is 29.3 Å². The Hall–Kier alpha value is -0.710. The van der Waals surface area contributed by atoms with Gasteiger partial charge in [0.15, 0.2) is 0 Å². The molecular formula is C14H19BrF3N. The Bertz CT molecular complexity index is 404. The molecule has 0 amide bonds. The Morgan fingerprint density at radius 1 is 1.21 bits per heavy atom. The highest BCUT2D eigenvalue weighted by Crippen LogP contribution is 2.35. The van der Waals surface area contributed by atoms with Crippen molar-refractivity contribution >= 4 is 21.6 Å². The van der Waals surface area contributed by atoms with Gasteiger partial charge >= 0.3 is 6.18 Å². The molecule has 1 aromatic carbocycles. The van der Waals surface area contributed by atoms with Crippen LogP contribution in [0.15, 0.2) is 18.2 Å². The molecule has 1 rings (SSSR count). The number of unbranched alkanes of at least 4 members (excludes halogenated alkanes) is 1. The van der Waals surface area contributed by atoms with Gasteiger partial charge in [-0.1, -0.05) is 35.3 Å². The van der Waals surface area contributed by atoms with Gasteiger partial charge in [0.05, 0.1) is 5.56 Å². The molecule has 0 saturated carbocycles. The summed E-state index contributed by atoms with van der Waals surface area (Å²) in [6.07, 6.45) is -2.29. The van der Waals surface area contributed by atoms with Crippen LogP contribution in [0.4, 0.5) is 18.9 Å². The number of anilines is 1. The van der Waals surface area contributed by atoms with Crippen LogP contribution in [0.5, 0.6) is 0 Å². The van der Waals surface area contributed by atoms with E-state index in [-0.39, 0.29) is 10.9 Å². The van der Waals surface area contributed by atoms with Crippen molar-refractivity contribution in [3.8, 4) is 0 Å². The Morgan fingerprint density at radius 3 is 2.37 bits per heavy atom. The molecule has 0 aliphatic rings. The molecule has 0 atom stereocenters. The molecule has 0 radical (unpaired) electrons. The maximum atomic E-state index is 13.0. The van der Waals surface area contributed by atoms with Crippen molar-refractivity contribution in [3.63, 3.8) is 0 Å². The van der Waals surface area contributed by atoms with Crippen molar-refractivity contribution in [2.75, 3.05) is 18.0 Å². The zero-order valence-corrected chi connectivity index (χ0v) is 12.8. The number of hydrogen-bond acceptors (Lipinski definition) is 1. The Labute approximate surface area is 120 Å². The first-order valence-electron chi connectivity index (χ1n) is 6.45. The number of hydrogen-bond donors (Lipinski definition) is 0. The van der Waals surface area contributed by atoms with Crippen LogP contribution in [0.2, 0.25) is 0 Å². The van der Waals surface area contributed by atoms with E-state index in [9.17, 15) is 13.2 Å². The summed E-state index contributed by atoms with van der Waals surface area (Å²) >= 11 is 3.11. The van der Waals surface area contributed by atoms with Crippen LogP contribution in [0.1, 0.15) is 37.8 Å². The largest absolute Gasteiger partial charge is 0.416 e. The lowest BCUT2D eigenvalue weighted by molar-refractivity contribution is -0.138. The summed E-state index contributed by atoms with van der Waals surface area (Å²) in [7, 11) is 0. The lowest BCUT2D eigenvalue weighted by atomic mass is 10.1. The van der Waals surface area contributed by atoms with E-state index in [1.54, 1.807) is 12.1 Å². The molecule has 0 heterocycles. The molecule has 0 fully saturated rings. The van der Waals surface area contributed by atoms with Gasteiger partial charge in [0.1, 0.15) is 0 Å². The van der Waals surface area contributed by atoms with Gasteiger partial charge in [-0.05, 0) is 31.0 Å². The zero-order valence-electron chi connectivity index (χ0n) is 11.2. The van der Waals surface area contributed by atoms with Gasteiger partial charge in [-0.2, -0.15) is 13.2 Å². The number of nitrogens with zero attached hydrogens (tertiary/aromatic N) is 1. The second-order valence-electron chi connectivity index (χ2n) is 4.41. The van der Waals surface area contributed by atoms with E-state index in [1.807, 2.05) is 11.8 Å². The maximum absolute atomic E-state index is 13.0. The lowest BCUT2D eigenvalue weighted by Gasteiger charge is -2.24. The first kappa shape index (κ1) is 16.3. The van der Waals surface area contributed by atoms with Crippen LogP contribution in [0, 0.1) is 0 Å².